The molecule has 0 atom stereocenters. The van der Waals surface area contributed by atoms with Crippen molar-refractivity contribution in [2.45, 2.75) is 27.3 Å². The molecule has 0 aliphatic rings. The number of rotatable bonds is 9. The lowest BCUT2D eigenvalue weighted by Gasteiger charge is -2.13. The molecule has 0 aromatic heterocycles. The van der Waals surface area contributed by atoms with E-state index in [9.17, 15) is 4.79 Å². The van der Waals surface area contributed by atoms with Gasteiger partial charge in [-0.15, -0.1) is 24.0 Å². The zero-order valence-corrected chi connectivity index (χ0v) is 18.5. The van der Waals surface area contributed by atoms with Gasteiger partial charge in [-0.1, -0.05) is 13.8 Å². The Balaban J connectivity index is 0.00000625. The van der Waals surface area contributed by atoms with Gasteiger partial charge in [0.15, 0.2) is 5.96 Å². The molecule has 1 aromatic carbocycles. The third kappa shape index (κ3) is 8.59. The molecule has 0 aliphatic heterocycles. The van der Waals surface area contributed by atoms with Gasteiger partial charge in [-0.25, -0.2) is 4.99 Å². The van der Waals surface area contributed by atoms with Gasteiger partial charge in [-0.05, 0) is 19.1 Å². The van der Waals surface area contributed by atoms with Gasteiger partial charge in [0, 0.05) is 37.2 Å². The van der Waals surface area contributed by atoms with E-state index < -0.39 is 0 Å². The molecule has 1 aromatic rings. The maximum absolute atomic E-state index is 11.5. The fraction of sp³-hybridized carbons (Fsp3) is 0.556. The summed E-state index contributed by atoms with van der Waals surface area (Å²) in [4.78, 5) is 16.1. The summed E-state index contributed by atoms with van der Waals surface area (Å²) < 4.78 is 10.6. The van der Waals surface area contributed by atoms with E-state index in [0.29, 0.717) is 25.6 Å². The SMILES string of the molecule is CCNC(=NCc1ccc(OC)cc1OC)NCCNC(=O)C(C)C.I. The summed E-state index contributed by atoms with van der Waals surface area (Å²) in [5.74, 6) is 2.22. The second-order valence-electron chi connectivity index (χ2n) is 5.75. The predicted octanol–water partition coefficient (Wildman–Crippen LogP) is 2.15. The van der Waals surface area contributed by atoms with Crippen LogP contribution in [0.1, 0.15) is 26.3 Å². The fourth-order valence-corrected chi connectivity index (χ4v) is 2.06. The third-order valence-corrected chi connectivity index (χ3v) is 3.49. The Hall–Kier alpha value is -1.71. The number of guanidine groups is 1. The Labute approximate surface area is 173 Å². The molecule has 26 heavy (non-hydrogen) atoms. The van der Waals surface area contributed by atoms with Crippen molar-refractivity contribution in [3.05, 3.63) is 23.8 Å². The molecule has 0 unspecified atom stereocenters. The standard InChI is InChI=1S/C18H30N4O3.HI/c1-6-19-18(21-10-9-20-17(23)13(2)3)22-12-14-7-8-15(24-4)11-16(14)25-5;/h7-8,11,13H,6,9-10,12H2,1-5H3,(H,20,23)(H2,19,21,22);1H. The van der Waals surface area contributed by atoms with Crippen molar-refractivity contribution in [3.8, 4) is 11.5 Å². The number of nitrogens with zero attached hydrogens (tertiary/aromatic N) is 1. The van der Waals surface area contributed by atoms with Crippen LogP contribution in [0.3, 0.4) is 0 Å². The van der Waals surface area contributed by atoms with Crippen molar-refractivity contribution in [3.63, 3.8) is 0 Å². The average Bonchev–Trinajstić information content (AvgIpc) is 2.62. The topological polar surface area (TPSA) is 84.0 Å². The van der Waals surface area contributed by atoms with Gasteiger partial charge in [0.05, 0.1) is 20.8 Å². The van der Waals surface area contributed by atoms with E-state index in [2.05, 4.69) is 20.9 Å². The smallest absolute Gasteiger partial charge is 0.222 e. The number of aliphatic imine (C=N–C) groups is 1. The molecule has 1 rings (SSSR count). The van der Waals surface area contributed by atoms with Crippen LogP contribution in [0, 0.1) is 5.92 Å². The summed E-state index contributed by atoms with van der Waals surface area (Å²) in [6.07, 6.45) is 0. The number of halogens is 1. The second-order valence-corrected chi connectivity index (χ2v) is 5.75. The van der Waals surface area contributed by atoms with E-state index in [0.717, 1.165) is 23.6 Å². The number of benzene rings is 1. The van der Waals surface area contributed by atoms with Crippen LogP contribution in [0.2, 0.25) is 0 Å². The highest BCUT2D eigenvalue weighted by Crippen LogP contribution is 2.25. The van der Waals surface area contributed by atoms with Crippen molar-refractivity contribution in [2.75, 3.05) is 33.9 Å². The molecule has 0 aliphatic carbocycles. The molecule has 8 heteroatoms. The number of ether oxygens (including phenoxy) is 2. The van der Waals surface area contributed by atoms with Crippen LogP contribution in [0.15, 0.2) is 23.2 Å². The van der Waals surface area contributed by atoms with Gasteiger partial charge < -0.3 is 25.4 Å². The van der Waals surface area contributed by atoms with Crippen molar-refractivity contribution in [2.24, 2.45) is 10.9 Å². The summed E-state index contributed by atoms with van der Waals surface area (Å²) in [5.41, 5.74) is 0.966. The average molecular weight is 478 g/mol. The first kappa shape index (κ1) is 24.3. The first-order chi connectivity index (χ1) is 12.0. The Kier molecular flexibility index (Phi) is 12.6. The van der Waals surface area contributed by atoms with Crippen LogP contribution in [-0.2, 0) is 11.3 Å². The van der Waals surface area contributed by atoms with Gasteiger partial charge in [-0.3, -0.25) is 4.79 Å². The number of hydrogen-bond acceptors (Lipinski definition) is 4. The first-order valence-corrected chi connectivity index (χ1v) is 8.52. The van der Waals surface area contributed by atoms with Crippen molar-refractivity contribution in [1.82, 2.24) is 16.0 Å². The highest BCUT2D eigenvalue weighted by molar-refractivity contribution is 14.0. The summed E-state index contributed by atoms with van der Waals surface area (Å²) in [6, 6.07) is 5.66. The van der Waals surface area contributed by atoms with Gasteiger partial charge in [0.2, 0.25) is 5.91 Å². The zero-order valence-electron chi connectivity index (χ0n) is 16.2. The predicted molar refractivity (Wildman–Crippen MR) is 116 cm³/mol. The molecule has 0 saturated heterocycles. The lowest BCUT2D eigenvalue weighted by Crippen LogP contribution is -2.42. The van der Waals surface area contributed by atoms with Crippen LogP contribution < -0.4 is 25.4 Å². The number of amides is 1. The number of nitrogens with one attached hydrogen (secondary N) is 3. The minimum atomic E-state index is -0.00978. The van der Waals surface area contributed by atoms with Crippen molar-refractivity contribution in [1.29, 1.82) is 0 Å². The van der Waals surface area contributed by atoms with Crippen molar-refractivity contribution < 1.29 is 14.3 Å². The lowest BCUT2D eigenvalue weighted by atomic mass is 10.2. The Morgan fingerprint density at radius 1 is 1.12 bits per heavy atom. The van der Waals surface area contributed by atoms with Crippen molar-refractivity contribution >= 4 is 35.8 Å². The lowest BCUT2D eigenvalue weighted by molar-refractivity contribution is -0.123. The molecule has 0 bridgehead atoms. The highest BCUT2D eigenvalue weighted by atomic mass is 127. The Morgan fingerprint density at radius 3 is 2.38 bits per heavy atom. The molecule has 7 nitrogen and oxygen atoms in total. The largest absolute Gasteiger partial charge is 0.497 e. The molecule has 0 radical (unpaired) electrons. The monoisotopic (exact) mass is 478 g/mol. The number of methoxy groups -OCH3 is 2. The Bertz CT molecular complexity index is 580. The summed E-state index contributed by atoms with van der Waals surface area (Å²) in [5, 5.41) is 9.25. The highest BCUT2D eigenvalue weighted by Gasteiger charge is 2.07. The number of hydrogen-bond donors (Lipinski definition) is 3. The molecule has 1 amide bonds. The minimum Gasteiger partial charge on any atom is -0.497 e. The molecule has 3 N–H and O–H groups in total. The van der Waals surface area contributed by atoms with Gasteiger partial charge in [0.25, 0.3) is 0 Å². The minimum absolute atomic E-state index is 0. The van der Waals surface area contributed by atoms with Crippen LogP contribution in [0.5, 0.6) is 11.5 Å². The van der Waals surface area contributed by atoms with Crippen LogP contribution >= 0.6 is 24.0 Å². The second kappa shape index (κ2) is 13.5. The van der Waals surface area contributed by atoms with Crippen LogP contribution in [0.4, 0.5) is 0 Å². The van der Waals surface area contributed by atoms with Crippen LogP contribution in [0.25, 0.3) is 0 Å². The quantitative estimate of drug-likeness (QED) is 0.219. The zero-order chi connectivity index (χ0) is 18.7. The molecule has 0 fully saturated rings. The number of carbonyl (C=O) groups is 1. The molecule has 0 saturated carbocycles. The summed E-state index contributed by atoms with van der Waals surface area (Å²) >= 11 is 0. The summed E-state index contributed by atoms with van der Waals surface area (Å²) in [7, 11) is 3.25. The van der Waals surface area contributed by atoms with Gasteiger partial charge in [-0.2, -0.15) is 0 Å². The maximum atomic E-state index is 11.5. The molecule has 0 heterocycles. The Morgan fingerprint density at radius 2 is 1.81 bits per heavy atom. The fourth-order valence-electron chi connectivity index (χ4n) is 2.06. The molecule has 148 valence electrons. The molecular formula is C18H31IN4O3. The van der Waals surface area contributed by atoms with E-state index in [-0.39, 0.29) is 35.8 Å². The van der Waals surface area contributed by atoms with E-state index in [1.807, 2.05) is 39.0 Å². The normalized spacial score (nSPS) is 10.8. The van der Waals surface area contributed by atoms with E-state index in [1.54, 1.807) is 14.2 Å². The van der Waals surface area contributed by atoms with Gasteiger partial charge in [0.1, 0.15) is 11.5 Å². The number of carbonyl (C=O) groups excluding carboxylic acids is 1. The molecular weight excluding hydrogens is 447 g/mol. The maximum Gasteiger partial charge on any atom is 0.222 e. The van der Waals surface area contributed by atoms with E-state index in [4.69, 9.17) is 9.47 Å². The summed E-state index contributed by atoms with van der Waals surface area (Å²) in [6.45, 7) is 8.13. The first-order valence-electron chi connectivity index (χ1n) is 8.52. The van der Waals surface area contributed by atoms with Gasteiger partial charge >= 0.3 is 0 Å². The molecule has 0 spiro atoms. The van der Waals surface area contributed by atoms with E-state index >= 15 is 0 Å². The van der Waals surface area contributed by atoms with E-state index in [1.165, 1.54) is 0 Å². The van der Waals surface area contributed by atoms with Crippen LogP contribution in [-0.4, -0.2) is 45.7 Å². The third-order valence-electron chi connectivity index (χ3n) is 3.49.